The topological polar surface area (TPSA) is 205 Å². The van der Waals surface area contributed by atoms with Crippen LogP contribution in [0.4, 0.5) is 0 Å². The number of benzene rings is 2. The first-order valence-corrected chi connectivity index (χ1v) is 12.5. The van der Waals surface area contributed by atoms with Crippen molar-refractivity contribution < 1.29 is 34.2 Å². The lowest BCUT2D eigenvalue weighted by molar-refractivity contribution is -0.143. The molecule has 3 rings (SSSR count). The summed E-state index contributed by atoms with van der Waals surface area (Å²) in [4.78, 5) is 63.8. The summed E-state index contributed by atoms with van der Waals surface area (Å²) in [6, 6.07) is 10.3. The standard InChI is InChI=1S/C27H33N5O7/c28-19(15-23(29)34)26(37)32-12-4-7-22(32)25(36)30-20(13-17-8-10-18(33)11-9-17)24(35)31-21(27(38)39)14-16-5-2-1-3-6-16/h1-3,5-6,8-11,19-22,33H,4,7,12-15,28H2,(H2,29,34)(H,30,36)(H,31,35)(H,38,39). The maximum absolute atomic E-state index is 13.3. The number of hydrogen-bond donors (Lipinski definition) is 6. The lowest BCUT2D eigenvalue weighted by Crippen LogP contribution is -2.57. The van der Waals surface area contributed by atoms with Gasteiger partial charge in [-0.15, -0.1) is 0 Å². The van der Waals surface area contributed by atoms with Gasteiger partial charge in [0.2, 0.25) is 23.6 Å². The molecule has 0 aromatic heterocycles. The first kappa shape index (κ1) is 29.1. The smallest absolute Gasteiger partial charge is 0.326 e. The van der Waals surface area contributed by atoms with E-state index in [9.17, 15) is 34.2 Å². The fraction of sp³-hybridized carbons (Fsp3) is 0.370. The molecule has 1 heterocycles. The van der Waals surface area contributed by atoms with E-state index in [0.29, 0.717) is 24.0 Å². The fourth-order valence-corrected chi connectivity index (χ4v) is 4.49. The monoisotopic (exact) mass is 539 g/mol. The Morgan fingerprint density at radius 2 is 1.54 bits per heavy atom. The molecule has 8 N–H and O–H groups in total. The van der Waals surface area contributed by atoms with Crippen molar-refractivity contribution in [1.29, 1.82) is 0 Å². The molecule has 0 spiro atoms. The van der Waals surface area contributed by atoms with Crippen LogP contribution in [0.1, 0.15) is 30.4 Å². The number of aliphatic carboxylic acids is 1. The summed E-state index contributed by atoms with van der Waals surface area (Å²) < 4.78 is 0. The predicted molar refractivity (Wildman–Crippen MR) is 140 cm³/mol. The van der Waals surface area contributed by atoms with E-state index in [-0.39, 0.29) is 31.6 Å². The van der Waals surface area contributed by atoms with Gasteiger partial charge in [-0.3, -0.25) is 19.2 Å². The molecule has 4 atom stereocenters. The maximum Gasteiger partial charge on any atom is 0.326 e. The normalized spacial score (nSPS) is 17.1. The zero-order valence-electron chi connectivity index (χ0n) is 21.3. The fourth-order valence-electron chi connectivity index (χ4n) is 4.49. The third-order valence-electron chi connectivity index (χ3n) is 6.48. The second-order valence-electron chi connectivity index (χ2n) is 9.49. The van der Waals surface area contributed by atoms with Crippen LogP contribution in [-0.4, -0.2) is 75.4 Å². The van der Waals surface area contributed by atoms with Gasteiger partial charge in [-0.05, 0) is 36.1 Å². The van der Waals surface area contributed by atoms with Gasteiger partial charge in [-0.2, -0.15) is 0 Å². The molecule has 1 saturated heterocycles. The Balaban J connectivity index is 1.78. The summed E-state index contributed by atoms with van der Waals surface area (Å²) >= 11 is 0. The number of phenols is 1. The van der Waals surface area contributed by atoms with Crippen molar-refractivity contribution in [3.63, 3.8) is 0 Å². The van der Waals surface area contributed by atoms with Crippen LogP contribution in [0.25, 0.3) is 0 Å². The van der Waals surface area contributed by atoms with Crippen molar-refractivity contribution in [3.05, 3.63) is 65.7 Å². The van der Waals surface area contributed by atoms with E-state index in [2.05, 4.69) is 10.6 Å². The number of nitrogens with one attached hydrogen (secondary N) is 2. The molecular weight excluding hydrogens is 506 g/mol. The number of hydrogen-bond acceptors (Lipinski definition) is 7. The molecule has 1 aliphatic rings. The number of aromatic hydroxyl groups is 1. The van der Waals surface area contributed by atoms with Gasteiger partial charge < -0.3 is 37.2 Å². The molecule has 0 radical (unpaired) electrons. The lowest BCUT2D eigenvalue weighted by atomic mass is 10.0. The molecule has 0 saturated carbocycles. The Morgan fingerprint density at radius 3 is 2.15 bits per heavy atom. The average Bonchev–Trinajstić information content (AvgIpc) is 3.39. The van der Waals surface area contributed by atoms with Crippen LogP contribution < -0.4 is 22.1 Å². The zero-order chi connectivity index (χ0) is 28.5. The van der Waals surface area contributed by atoms with Crippen molar-refractivity contribution in [1.82, 2.24) is 15.5 Å². The molecule has 1 aliphatic heterocycles. The molecule has 12 nitrogen and oxygen atoms in total. The van der Waals surface area contributed by atoms with Crippen LogP contribution in [0.15, 0.2) is 54.6 Å². The summed E-state index contributed by atoms with van der Waals surface area (Å²) in [7, 11) is 0. The number of phenolic OH excluding ortho intramolecular Hbond substituents is 1. The molecule has 12 heteroatoms. The summed E-state index contributed by atoms with van der Waals surface area (Å²) in [5.74, 6) is -3.89. The number of rotatable bonds is 12. The lowest BCUT2D eigenvalue weighted by Gasteiger charge is -2.28. The zero-order valence-corrected chi connectivity index (χ0v) is 21.3. The Labute approximate surface area is 225 Å². The van der Waals surface area contributed by atoms with E-state index in [1.54, 1.807) is 42.5 Å². The van der Waals surface area contributed by atoms with Gasteiger partial charge in [-0.25, -0.2) is 4.79 Å². The Bertz CT molecular complexity index is 1190. The molecule has 4 unspecified atom stereocenters. The molecule has 2 aromatic rings. The van der Waals surface area contributed by atoms with E-state index in [4.69, 9.17) is 11.5 Å². The first-order chi connectivity index (χ1) is 18.5. The third kappa shape index (κ3) is 8.27. The van der Waals surface area contributed by atoms with Crippen LogP contribution in [0, 0.1) is 0 Å². The summed E-state index contributed by atoms with van der Waals surface area (Å²) in [5, 5.41) is 24.5. The number of nitrogens with zero attached hydrogens (tertiary/aromatic N) is 1. The van der Waals surface area contributed by atoms with Gasteiger partial charge in [-0.1, -0.05) is 42.5 Å². The predicted octanol–water partition coefficient (Wildman–Crippen LogP) is -0.575. The van der Waals surface area contributed by atoms with E-state index in [1.165, 1.54) is 17.0 Å². The number of nitrogens with two attached hydrogens (primary N) is 2. The minimum absolute atomic E-state index is 0.00259. The highest BCUT2D eigenvalue weighted by molar-refractivity contribution is 5.95. The molecule has 4 amide bonds. The van der Waals surface area contributed by atoms with Gasteiger partial charge in [0.25, 0.3) is 0 Å². The van der Waals surface area contributed by atoms with Crippen molar-refractivity contribution >= 4 is 29.6 Å². The molecule has 2 aromatic carbocycles. The van der Waals surface area contributed by atoms with E-state index < -0.39 is 53.8 Å². The second-order valence-corrected chi connectivity index (χ2v) is 9.49. The van der Waals surface area contributed by atoms with Crippen LogP contribution in [0.3, 0.4) is 0 Å². The SMILES string of the molecule is NC(=O)CC(N)C(=O)N1CCCC1C(=O)NC(Cc1ccc(O)cc1)C(=O)NC(Cc1ccccc1)C(=O)O. The number of likely N-dealkylation sites (tertiary alicyclic amines) is 1. The van der Waals surface area contributed by atoms with Gasteiger partial charge in [0.15, 0.2) is 0 Å². The van der Waals surface area contributed by atoms with Crippen molar-refractivity contribution in [2.75, 3.05) is 6.54 Å². The summed E-state index contributed by atoms with van der Waals surface area (Å²) in [6.45, 7) is 0.246. The average molecular weight is 540 g/mol. The Kier molecular flexibility index (Phi) is 9.98. The maximum atomic E-state index is 13.3. The number of carbonyl (C=O) groups is 5. The van der Waals surface area contributed by atoms with Crippen LogP contribution in [0.2, 0.25) is 0 Å². The molecule has 208 valence electrons. The highest BCUT2D eigenvalue weighted by Gasteiger charge is 2.38. The number of amides is 4. The highest BCUT2D eigenvalue weighted by Crippen LogP contribution is 2.20. The van der Waals surface area contributed by atoms with E-state index in [1.807, 2.05) is 0 Å². The first-order valence-electron chi connectivity index (χ1n) is 12.5. The number of carboxylic acids is 1. The minimum Gasteiger partial charge on any atom is -0.508 e. The van der Waals surface area contributed by atoms with Crippen LogP contribution in [0.5, 0.6) is 5.75 Å². The Morgan fingerprint density at radius 1 is 0.923 bits per heavy atom. The largest absolute Gasteiger partial charge is 0.508 e. The van der Waals surface area contributed by atoms with Gasteiger partial charge in [0.1, 0.15) is 23.9 Å². The van der Waals surface area contributed by atoms with Crippen LogP contribution >= 0.6 is 0 Å². The molecule has 0 aliphatic carbocycles. The van der Waals surface area contributed by atoms with Crippen molar-refractivity contribution in [3.8, 4) is 5.75 Å². The molecular formula is C27H33N5O7. The van der Waals surface area contributed by atoms with E-state index in [0.717, 1.165) is 0 Å². The second kappa shape index (κ2) is 13.4. The molecule has 1 fully saturated rings. The molecule has 39 heavy (non-hydrogen) atoms. The van der Waals surface area contributed by atoms with E-state index >= 15 is 0 Å². The van der Waals surface area contributed by atoms with Gasteiger partial charge in [0.05, 0.1) is 12.5 Å². The summed E-state index contributed by atoms with van der Waals surface area (Å²) in [6.07, 6.45) is 0.496. The third-order valence-corrected chi connectivity index (χ3v) is 6.48. The number of carboxylic acid groups (broad SMARTS) is 1. The molecule has 0 bridgehead atoms. The highest BCUT2D eigenvalue weighted by atomic mass is 16.4. The number of primary amides is 1. The van der Waals surface area contributed by atoms with Crippen LogP contribution in [-0.2, 0) is 36.8 Å². The number of carbonyl (C=O) groups excluding carboxylic acids is 4. The Hall–Kier alpha value is -4.45. The van der Waals surface area contributed by atoms with Crippen molar-refractivity contribution in [2.45, 2.75) is 56.3 Å². The van der Waals surface area contributed by atoms with Gasteiger partial charge in [0, 0.05) is 19.4 Å². The summed E-state index contributed by atoms with van der Waals surface area (Å²) in [5.41, 5.74) is 12.3. The quantitative estimate of drug-likeness (QED) is 0.205. The van der Waals surface area contributed by atoms with Crippen molar-refractivity contribution in [2.24, 2.45) is 11.5 Å². The van der Waals surface area contributed by atoms with Gasteiger partial charge >= 0.3 is 5.97 Å². The minimum atomic E-state index is -1.25.